The van der Waals surface area contributed by atoms with Crippen LogP contribution in [-0.4, -0.2) is 56.6 Å². The molecule has 0 saturated carbocycles. The largest absolute Gasteiger partial charge is 0.495 e. The lowest BCUT2D eigenvalue weighted by atomic mass is 10.1. The molecular formula is C27H25F3N8O3. The maximum Gasteiger partial charge on any atom is 0.390 e. The summed E-state index contributed by atoms with van der Waals surface area (Å²) >= 11 is 0. The molecule has 41 heavy (non-hydrogen) atoms. The van der Waals surface area contributed by atoms with Gasteiger partial charge >= 0.3 is 6.18 Å². The Labute approximate surface area is 233 Å². The monoisotopic (exact) mass is 566 g/mol. The van der Waals surface area contributed by atoms with Gasteiger partial charge in [-0.3, -0.25) is 4.79 Å². The van der Waals surface area contributed by atoms with Crippen molar-refractivity contribution >= 4 is 17.5 Å². The number of amides is 1. The molecule has 2 aromatic heterocycles. The van der Waals surface area contributed by atoms with Crippen LogP contribution in [0, 0.1) is 11.3 Å². The minimum absolute atomic E-state index is 0.139. The summed E-state index contributed by atoms with van der Waals surface area (Å²) in [7, 11) is 1.40. The second-order valence-electron chi connectivity index (χ2n) is 8.83. The van der Waals surface area contributed by atoms with E-state index >= 15 is 0 Å². The SMILES string of the molecule is COc1cc(C(=O)NCCC(F)(F)F)ccc1Nc1ncc(-c2ccc(C#N)c(O[C@@H](C)Cn3cncn3)c2)cn1. The van der Waals surface area contributed by atoms with E-state index in [0.717, 1.165) is 5.56 Å². The minimum atomic E-state index is -4.36. The number of nitrogens with one attached hydrogen (secondary N) is 2. The van der Waals surface area contributed by atoms with Gasteiger partial charge in [-0.15, -0.1) is 0 Å². The van der Waals surface area contributed by atoms with E-state index in [9.17, 15) is 23.2 Å². The molecule has 2 aromatic carbocycles. The molecule has 0 saturated heterocycles. The normalized spacial score (nSPS) is 11.8. The topological polar surface area (TPSA) is 140 Å². The van der Waals surface area contributed by atoms with Crippen LogP contribution in [-0.2, 0) is 6.54 Å². The number of methoxy groups -OCH3 is 1. The molecule has 2 N–H and O–H groups in total. The first-order valence-corrected chi connectivity index (χ1v) is 12.3. The highest BCUT2D eigenvalue weighted by Crippen LogP contribution is 2.30. The lowest BCUT2D eigenvalue weighted by Crippen LogP contribution is -2.27. The predicted molar refractivity (Wildman–Crippen MR) is 142 cm³/mol. The molecule has 0 aliphatic rings. The number of carbonyl (C=O) groups excluding carboxylic acids is 1. The molecule has 0 aliphatic carbocycles. The molecule has 0 unspecified atom stereocenters. The Morgan fingerprint density at radius 2 is 1.90 bits per heavy atom. The molecule has 0 spiro atoms. The molecule has 11 nitrogen and oxygen atoms in total. The number of aromatic nitrogens is 5. The van der Waals surface area contributed by atoms with Crippen LogP contribution in [0.4, 0.5) is 24.8 Å². The first-order chi connectivity index (χ1) is 19.6. The Kier molecular flexibility index (Phi) is 8.98. The summed E-state index contributed by atoms with van der Waals surface area (Å²) in [6, 6.07) is 11.7. The standard InChI is InChI=1S/C27H25F3N8O3/c1-17(14-38-16-32-15-36-38)41-23-9-18(3-4-20(23)11-31)21-12-34-26(35-13-21)37-22-6-5-19(10-24(22)40-2)25(39)33-8-7-27(28,29)30/h3-6,9-10,12-13,15-17H,7-8,14H2,1-2H3,(H,33,39)(H,34,35,37)/t17-/m0/s1. The van der Waals surface area contributed by atoms with Crippen molar-refractivity contribution in [2.45, 2.75) is 32.2 Å². The van der Waals surface area contributed by atoms with E-state index < -0.39 is 25.0 Å². The van der Waals surface area contributed by atoms with Crippen molar-refractivity contribution in [1.29, 1.82) is 5.26 Å². The minimum Gasteiger partial charge on any atom is -0.495 e. The Balaban J connectivity index is 1.44. The zero-order valence-corrected chi connectivity index (χ0v) is 22.0. The molecule has 0 bridgehead atoms. The Hall–Kier alpha value is -5.19. The highest BCUT2D eigenvalue weighted by Gasteiger charge is 2.26. The van der Waals surface area contributed by atoms with Crippen molar-refractivity contribution in [3.05, 3.63) is 72.6 Å². The maximum atomic E-state index is 12.3. The van der Waals surface area contributed by atoms with Gasteiger partial charge in [-0.05, 0) is 42.8 Å². The van der Waals surface area contributed by atoms with Crippen molar-refractivity contribution in [1.82, 2.24) is 30.0 Å². The van der Waals surface area contributed by atoms with Gasteiger partial charge in [0.15, 0.2) is 0 Å². The van der Waals surface area contributed by atoms with E-state index in [1.165, 1.54) is 25.6 Å². The van der Waals surface area contributed by atoms with Crippen molar-refractivity contribution in [2.24, 2.45) is 0 Å². The van der Waals surface area contributed by atoms with E-state index in [2.05, 4.69) is 36.8 Å². The number of anilines is 2. The zero-order valence-electron chi connectivity index (χ0n) is 22.0. The molecule has 2 heterocycles. The molecule has 0 aliphatic heterocycles. The third-order valence-electron chi connectivity index (χ3n) is 5.73. The molecule has 14 heteroatoms. The van der Waals surface area contributed by atoms with Crippen molar-refractivity contribution in [3.8, 4) is 28.7 Å². The fourth-order valence-corrected chi connectivity index (χ4v) is 3.75. The van der Waals surface area contributed by atoms with Gasteiger partial charge in [0.25, 0.3) is 5.91 Å². The van der Waals surface area contributed by atoms with Gasteiger partial charge in [-0.25, -0.2) is 19.6 Å². The quantitative estimate of drug-likeness (QED) is 0.268. The molecule has 4 rings (SSSR count). The summed E-state index contributed by atoms with van der Waals surface area (Å²) < 4.78 is 50.0. The molecule has 212 valence electrons. The molecule has 1 amide bonds. The van der Waals surface area contributed by atoms with E-state index in [0.29, 0.717) is 29.1 Å². The number of carbonyl (C=O) groups is 1. The summed E-state index contributed by atoms with van der Waals surface area (Å²) in [5.74, 6) is 0.265. The summed E-state index contributed by atoms with van der Waals surface area (Å²) in [6.07, 6.45) is 0.433. The van der Waals surface area contributed by atoms with Crippen LogP contribution in [0.15, 0.2) is 61.4 Å². The summed E-state index contributed by atoms with van der Waals surface area (Å²) in [6.45, 7) is 1.78. The van der Waals surface area contributed by atoms with Gasteiger partial charge in [0.2, 0.25) is 5.95 Å². The molecular weight excluding hydrogens is 541 g/mol. The van der Waals surface area contributed by atoms with Gasteiger partial charge in [0.05, 0.1) is 31.3 Å². The lowest BCUT2D eigenvalue weighted by molar-refractivity contribution is -0.133. The number of rotatable bonds is 11. The van der Waals surface area contributed by atoms with Crippen molar-refractivity contribution in [2.75, 3.05) is 19.0 Å². The predicted octanol–water partition coefficient (Wildman–Crippen LogP) is 4.51. The number of hydrogen-bond donors (Lipinski definition) is 2. The van der Waals surface area contributed by atoms with Crippen LogP contribution in [0.2, 0.25) is 0 Å². The van der Waals surface area contributed by atoms with Crippen LogP contribution in [0.1, 0.15) is 29.3 Å². The van der Waals surface area contributed by atoms with Crippen LogP contribution < -0.4 is 20.1 Å². The van der Waals surface area contributed by atoms with Crippen LogP contribution in [0.5, 0.6) is 11.5 Å². The van der Waals surface area contributed by atoms with Crippen LogP contribution in [0.25, 0.3) is 11.1 Å². The third-order valence-corrected chi connectivity index (χ3v) is 5.73. The second kappa shape index (κ2) is 12.8. The summed E-state index contributed by atoms with van der Waals surface area (Å²) in [5, 5.41) is 18.8. The van der Waals surface area contributed by atoms with E-state index in [1.54, 1.807) is 47.7 Å². The van der Waals surface area contributed by atoms with Gasteiger partial charge in [-0.1, -0.05) is 6.07 Å². The van der Waals surface area contributed by atoms with Gasteiger partial charge in [0.1, 0.15) is 36.3 Å². The van der Waals surface area contributed by atoms with Crippen molar-refractivity contribution in [3.63, 3.8) is 0 Å². The maximum absolute atomic E-state index is 12.3. The highest BCUT2D eigenvalue weighted by atomic mass is 19.4. The average Bonchev–Trinajstić information content (AvgIpc) is 3.45. The average molecular weight is 567 g/mol. The number of benzene rings is 2. The molecule has 1 atom stereocenters. The number of alkyl halides is 3. The highest BCUT2D eigenvalue weighted by molar-refractivity contribution is 5.95. The first-order valence-electron chi connectivity index (χ1n) is 12.3. The smallest absolute Gasteiger partial charge is 0.390 e. The molecule has 0 radical (unpaired) electrons. The fourth-order valence-electron chi connectivity index (χ4n) is 3.75. The van der Waals surface area contributed by atoms with E-state index in [4.69, 9.17) is 9.47 Å². The number of halogens is 3. The Bertz CT molecular complexity index is 1520. The third kappa shape index (κ3) is 7.91. The fraction of sp³-hybridized carbons (Fsp3) is 0.259. The zero-order chi connectivity index (χ0) is 29.4. The first kappa shape index (κ1) is 28.8. The lowest BCUT2D eigenvalue weighted by Gasteiger charge is -2.16. The number of nitriles is 1. The summed E-state index contributed by atoms with van der Waals surface area (Å²) in [4.78, 5) is 24.8. The molecule has 4 aromatic rings. The number of hydrogen-bond acceptors (Lipinski definition) is 9. The van der Waals surface area contributed by atoms with Gasteiger partial charge in [0, 0.05) is 30.1 Å². The van der Waals surface area contributed by atoms with Crippen molar-refractivity contribution < 1.29 is 27.4 Å². The Morgan fingerprint density at radius 3 is 2.56 bits per heavy atom. The van der Waals surface area contributed by atoms with E-state index in [-0.39, 0.29) is 23.4 Å². The van der Waals surface area contributed by atoms with Crippen LogP contribution in [0.3, 0.4) is 0 Å². The number of nitrogens with zero attached hydrogens (tertiary/aromatic N) is 6. The Morgan fingerprint density at radius 1 is 1.12 bits per heavy atom. The number of ether oxygens (including phenoxy) is 2. The summed E-state index contributed by atoms with van der Waals surface area (Å²) in [5.41, 5.74) is 2.37. The van der Waals surface area contributed by atoms with E-state index in [1.807, 2.05) is 6.92 Å². The second-order valence-corrected chi connectivity index (χ2v) is 8.83. The van der Waals surface area contributed by atoms with Gasteiger partial charge in [-0.2, -0.15) is 23.5 Å². The van der Waals surface area contributed by atoms with Crippen LogP contribution >= 0.6 is 0 Å². The molecule has 0 fully saturated rings. The van der Waals surface area contributed by atoms with Gasteiger partial charge < -0.3 is 20.1 Å².